The van der Waals surface area contributed by atoms with Gasteiger partial charge in [-0.2, -0.15) is 0 Å². The maximum Gasteiger partial charge on any atom is 0.251 e. The maximum absolute atomic E-state index is 11.6. The van der Waals surface area contributed by atoms with Crippen LogP contribution in [-0.2, 0) is 6.54 Å². The highest BCUT2D eigenvalue weighted by Crippen LogP contribution is 2.24. The quantitative estimate of drug-likeness (QED) is 0.294. The third kappa shape index (κ3) is 6.73. The van der Waals surface area contributed by atoms with Crippen molar-refractivity contribution in [3.8, 4) is 0 Å². The van der Waals surface area contributed by atoms with Crippen LogP contribution in [0.25, 0.3) is 0 Å². The molecule has 1 atom stereocenters. The summed E-state index contributed by atoms with van der Waals surface area (Å²) in [5, 5.41) is 9.41. The lowest BCUT2D eigenvalue weighted by atomic mass is 10.1. The van der Waals surface area contributed by atoms with Crippen LogP contribution in [0.15, 0.2) is 52.1 Å². The van der Waals surface area contributed by atoms with Crippen LogP contribution in [0, 0.1) is 0 Å². The second-order valence-corrected chi connectivity index (χ2v) is 7.21. The summed E-state index contributed by atoms with van der Waals surface area (Å²) in [6.45, 7) is 3.54. The number of aliphatic imine (C=N–C) groups is 1. The zero-order valence-corrected chi connectivity index (χ0v) is 20.0. The molecule has 8 heteroatoms. The number of nitrogens with zero attached hydrogens (tertiary/aromatic N) is 2. The standard InChI is InChI=1S/C22H31N5O2.HI/c1-23-21(28)18-10-8-17(9-11-18)15-25-22(24-2)26-16-19(20-7-6-14-29-20)27-12-4-3-5-13-27;/h6-11,14,19H,3-5,12-13,15-16H2,1-2H3,(H,23,28)(H2,24,25,26);1H. The van der Waals surface area contributed by atoms with E-state index in [-0.39, 0.29) is 35.9 Å². The Bertz CT molecular complexity index is 786. The summed E-state index contributed by atoms with van der Waals surface area (Å²) in [6.07, 6.45) is 5.50. The molecule has 1 amide bonds. The van der Waals surface area contributed by atoms with Crippen molar-refractivity contribution in [3.63, 3.8) is 0 Å². The molecule has 0 aliphatic carbocycles. The number of amides is 1. The van der Waals surface area contributed by atoms with Crippen LogP contribution in [-0.4, -0.2) is 50.5 Å². The van der Waals surface area contributed by atoms with Gasteiger partial charge >= 0.3 is 0 Å². The number of guanidine groups is 1. The highest BCUT2D eigenvalue weighted by Gasteiger charge is 2.24. The van der Waals surface area contributed by atoms with Gasteiger partial charge in [0.05, 0.1) is 12.3 Å². The van der Waals surface area contributed by atoms with Crippen molar-refractivity contribution in [3.05, 3.63) is 59.5 Å². The molecule has 7 nitrogen and oxygen atoms in total. The van der Waals surface area contributed by atoms with Crippen LogP contribution in [0.5, 0.6) is 0 Å². The van der Waals surface area contributed by atoms with Gasteiger partial charge in [-0.25, -0.2) is 0 Å². The molecule has 1 fully saturated rings. The van der Waals surface area contributed by atoms with Crippen LogP contribution in [0.2, 0.25) is 0 Å². The number of nitrogens with one attached hydrogen (secondary N) is 3. The van der Waals surface area contributed by atoms with Crippen molar-refractivity contribution >= 4 is 35.8 Å². The first-order chi connectivity index (χ1) is 14.2. The lowest BCUT2D eigenvalue weighted by Crippen LogP contribution is -2.44. The number of carbonyl (C=O) groups is 1. The summed E-state index contributed by atoms with van der Waals surface area (Å²) in [7, 11) is 3.40. The minimum absolute atomic E-state index is 0. The fourth-order valence-electron chi connectivity index (χ4n) is 3.64. The SMILES string of the molecule is CN=C(NCc1ccc(C(=O)NC)cc1)NCC(c1ccco1)N1CCCCC1.I. The molecule has 0 spiro atoms. The van der Waals surface area contributed by atoms with Crippen molar-refractivity contribution in [1.82, 2.24) is 20.9 Å². The van der Waals surface area contributed by atoms with Gasteiger partial charge in [-0.3, -0.25) is 14.7 Å². The van der Waals surface area contributed by atoms with E-state index in [1.165, 1.54) is 19.3 Å². The van der Waals surface area contributed by atoms with Gasteiger partial charge in [-0.1, -0.05) is 18.6 Å². The van der Waals surface area contributed by atoms with Crippen LogP contribution in [0.1, 0.15) is 47.0 Å². The number of furan rings is 1. The first-order valence-corrected chi connectivity index (χ1v) is 10.2. The fourth-order valence-corrected chi connectivity index (χ4v) is 3.64. The minimum atomic E-state index is -0.0799. The third-order valence-corrected chi connectivity index (χ3v) is 5.29. The lowest BCUT2D eigenvalue weighted by Gasteiger charge is -2.33. The summed E-state index contributed by atoms with van der Waals surface area (Å²) in [5.41, 5.74) is 1.74. The molecule has 1 saturated heterocycles. The van der Waals surface area contributed by atoms with Crippen molar-refractivity contribution in [2.75, 3.05) is 33.7 Å². The van der Waals surface area contributed by atoms with Crippen LogP contribution in [0.4, 0.5) is 0 Å². The van der Waals surface area contributed by atoms with E-state index >= 15 is 0 Å². The minimum Gasteiger partial charge on any atom is -0.468 e. The van der Waals surface area contributed by atoms with E-state index in [0.717, 1.165) is 36.9 Å². The predicted molar refractivity (Wildman–Crippen MR) is 130 cm³/mol. The van der Waals surface area contributed by atoms with E-state index in [2.05, 4.69) is 25.8 Å². The van der Waals surface area contributed by atoms with E-state index in [1.807, 2.05) is 36.4 Å². The summed E-state index contributed by atoms with van der Waals surface area (Å²) >= 11 is 0. The molecule has 1 aliphatic rings. The Morgan fingerprint density at radius 3 is 2.47 bits per heavy atom. The van der Waals surface area contributed by atoms with E-state index in [1.54, 1.807) is 20.4 Å². The lowest BCUT2D eigenvalue weighted by molar-refractivity contribution is 0.0963. The molecule has 1 aromatic carbocycles. The van der Waals surface area contributed by atoms with Crippen LogP contribution >= 0.6 is 24.0 Å². The van der Waals surface area contributed by atoms with Gasteiger partial charge in [-0.15, -0.1) is 24.0 Å². The zero-order valence-electron chi connectivity index (χ0n) is 17.7. The topological polar surface area (TPSA) is 81.9 Å². The molecule has 1 aliphatic heterocycles. The van der Waals surface area contributed by atoms with Gasteiger partial charge in [0.2, 0.25) is 0 Å². The molecule has 30 heavy (non-hydrogen) atoms. The van der Waals surface area contributed by atoms with Crippen LogP contribution in [0.3, 0.4) is 0 Å². The molecule has 0 bridgehead atoms. The molecule has 3 N–H and O–H groups in total. The van der Waals surface area contributed by atoms with Crippen molar-refractivity contribution in [2.24, 2.45) is 4.99 Å². The number of carbonyl (C=O) groups excluding carboxylic acids is 1. The zero-order chi connectivity index (χ0) is 20.5. The maximum atomic E-state index is 11.6. The monoisotopic (exact) mass is 525 g/mol. The average Bonchev–Trinajstić information content (AvgIpc) is 3.31. The Labute approximate surface area is 195 Å². The molecule has 1 aromatic heterocycles. The fraction of sp³-hybridized carbons (Fsp3) is 0.455. The summed E-state index contributed by atoms with van der Waals surface area (Å²) in [4.78, 5) is 18.5. The number of halogens is 1. The van der Waals surface area contributed by atoms with Crippen molar-refractivity contribution < 1.29 is 9.21 Å². The Hall–Kier alpha value is -2.07. The van der Waals surface area contributed by atoms with Gasteiger partial charge in [0.15, 0.2) is 5.96 Å². The van der Waals surface area contributed by atoms with E-state index < -0.39 is 0 Å². The molecular weight excluding hydrogens is 493 g/mol. The van der Waals surface area contributed by atoms with Gasteiger partial charge < -0.3 is 20.4 Å². The Balaban J connectivity index is 0.00000320. The highest BCUT2D eigenvalue weighted by molar-refractivity contribution is 14.0. The highest BCUT2D eigenvalue weighted by atomic mass is 127. The first-order valence-electron chi connectivity index (χ1n) is 10.2. The third-order valence-electron chi connectivity index (χ3n) is 5.29. The Kier molecular flexibility index (Phi) is 10.2. The molecule has 3 rings (SSSR count). The number of hydrogen-bond donors (Lipinski definition) is 3. The largest absolute Gasteiger partial charge is 0.468 e. The molecule has 2 heterocycles. The second-order valence-electron chi connectivity index (χ2n) is 7.21. The van der Waals surface area contributed by atoms with Gasteiger partial charge in [0.25, 0.3) is 5.91 Å². The number of rotatable bonds is 7. The van der Waals surface area contributed by atoms with Gasteiger partial charge in [0.1, 0.15) is 5.76 Å². The van der Waals surface area contributed by atoms with E-state index in [4.69, 9.17) is 4.42 Å². The molecule has 2 aromatic rings. The molecule has 164 valence electrons. The van der Waals surface area contributed by atoms with Crippen LogP contribution < -0.4 is 16.0 Å². The summed E-state index contributed by atoms with van der Waals surface area (Å²) < 4.78 is 5.71. The Morgan fingerprint density at radius 2 is 1.87 bits per heavy atom. The average molecular weight is 525 g/mol. The number of benzene rings is 1. The normalized spacial score (nSPS) is 15.7. The molecule has 1 unspecified atom stereocenters. The second kappa shape index (κ2) is 12.6. The molecule has 0 saturated carbocycles. The van der Waals surface area contributed by atoms with Crippen molar-refractivity contribution in [1.29, 1.82) is 0 Å². The van der Waals surface area contributed by atoms with Crippen molar-refractivity contribution in [2.45, 2.75) is 31.8 Å². The van der Waals surface area contributed by atoms with Gasteiger partial charge in [-0.05, 0) is 55.8 Å². The van der Waals surface area contributed by atoms with E-state index in [9.17, 15) is 4.79 Å². The smallest absolute Gasteiger partial charge is 0.251 e. The van der Waals surface area contributed by atoms with E-state index in [0.29, 0.717) is 12.1 Å². The molecule has 0 radical (unpaired) electrons. The number of likely N-dealkylation sites (tertiary alicyclic amines) is 1. The first kappa shape index (κ1) is 24.2. The Morgan fingerprint density at radius 1 is 1.13 bits per heavy atom. The molecular formula is C22H32IN5O2. The number of piperidine rings is 1. The number of hydrogen-bond acceptors (Lipinski definition) is 4. The summed E-state index contributed by atoms with van der Waals surface area (Å²) in [6, 6.07) is 11.7. The summed E-state index contributed by atoms with van der Waals surface area (Å²) in [5.74, 6) is 1.65. The predicted octanol–water partition coefficient (Wildman–Crippen LogP) is 3.15. The van der Waals surface area contributed by atoms with Gasteiger partial charge in [0, 0.05) is 32.7 Å².